The molecule has 1 aromatic carbocycles. The van der Waals surface area contributed by atoms with E-state index in [1.54, 1.807) is 7.11 Å². The Morgan fingerprint density at radius 1 is 1.26 bits per heavy atom. The van der Waals surface area contributed by atoms with E-state index in [4.69, 9.17) is 14.2 Å². The molecule has 4 rings (SSSR count). The minimum atomic E-state index is -0.453. The van der Waals surface area contributed by atoms with Crippen molar-refractivity contribution in [2.75, 3.05) is 26.1 Å². The van der Waals surface area contributed by atoms with Crippen LogP contribution in [0.2, 0.25) is 0 Å². The van der Waals surface area contributed by atoms with Crippen LogP contribution in [0, 0.1) is 0 Å². The Bertz CT molecular complexity index is 898. The fourth-order valence-corrected chi connectivity index (χ4v) is 4.90. The van der Waals surface area contributed by atoms with Crippen molar-refractivity contribution in [3.8, 4) is 16.9 Å². The van der Waals surface area contributed by atoms with Crippen molar-refractivity contribution in [1.82, 2.24) is 0 Å². The highest BCUT2D eigenvalue weighted by Crippen LogP contribution is 2.46. The summed E-state index contributed by atoms with van der Waals surface area (Å²) in [7, 11) is 3.00. The number of nitrogens with one attached hydrogen (secondary N) is 1. The lowest BCUT2D eigenvalue weighted by Gasteiger charge is -2.18. The van der Waals surface area contributed by atoms with Gasteiger partial charge < -0.3 is 19.5 Å². The van der Waals surface area contributed by atoms with Crippen LogP contribution in [-0.4, -0.2) is 38.8 Å². The van der Waals surface area contributed by atoms with Gasteiger partial charge in [-0.1, -0.05) is 6.07 Å². The topological polar surface area (TPSA) is 73.9 Å². The Labute approximate surface area is 161 Å². The fraction of sp³-hybridized carbons (Fsp3) is 0.400. The molecule has 7 heteroatoms. The molecule has 2 aromatic rings. The summed E-state index contributed by atoms with van der Waals surface area (Å²) < 4.78 is 15.8. The highest BCUT2D eigenvalue weighted by molar-refractivity contribution is 7.17. The number of anilines is 1. The lowest BCUT2D eigenvalue weighted by atomic mass is 9.88. The van der Waals surface area contributed by atoms with Crippen LogP contribution in [0.1, 0.15) is 33.6 Å². The number of benzene rings is 1. The molecule has 0 unspecified atom stereocenters. The van der Waals surface area contributed by atoms with Crippen molar-refractivity contribution in [3.63, 3.8) is 0 Å². The third kappa shape index (κ3) is 3.21. The number of methoxy groups -OCH3 is 2. The molecule has 2 heterocycles. The number of esters is 1. The zero-order chi connectivity index (χ0) is 19.0. The molecule has 1 saturated heterocycles. The molecule has 0 spiro atoms. The van der Waals surface area contributed by atoms with Crippen LogP contribution in [-0.2, 0) is 27.1 Å². The maximum Gasteiger partial charge on any atom is 0.341 e. The largest absolute Gasteiger partial charge is 0.497 e. The predicted octanol–water partition coefficient (Wildman–Crippen LogP) is 3.43. The molecule has 1 aromatic heterocycles. The lowest BCUT2D eigenvalue weighted by Crippen LogP contribution is -2.27. The second kappa shape index (κ2) is 7.32. The van der Waals surface area contributed by atoms with Crippen molar-refractivity contribution < 1.29 is 23.8 Å². The summed E-state index contributed by atoms with van der Waals surface area (Å²) in [5.41, 5.74) is 3.40. The number of rotatable bonds is 4. The highest BCUT2D eigenvalue weighted by Gasteiger charge is 2.32. The normalized spacial score (nSPS) is 17.8. The molecule has 1 aliphatic heterocycles. The number of hydrogen-bond acceptors (Lipinski definition) is 6. The number of amides is 1. The number of aryl methyl sites for hydroxylation is 2. The summed E-state index contributed by atoms with van der Waals surface area (Å²) in [5.74, 6) is 0.143. The van der Waals surface area contributed by atoms with Crippen molar-refractivity contribution in [1.29, 1.82) is 0 Å². The molecule has 1 atom stereocenters. The van der Waals surface area contributed by atoms with E-state index in [0.29, 0.717) is 23.6 Å². The third-order valence-electron chi connectivity index (χ3n) is 5.03. The number of carbonyl (C=O) groups is 2. The average Bonchev–Trinajstić information content (AvgIpc) is 3.34. The van der Waals surface area contributed by atoms with Gasteiger partial charge in [0.05, 0.1) is 14.2 Å². The Hall–Kier alpha value is -2.38. The first-order valence-electron chi connectivity index (χ1n) is 8.96. The van der Waals surface area contributed by atoms with E-state index < -0.39 is 12.1 Å². The zero-order valence-corrected chi connectivity index (χ0v) is 16.1. The van der Waals surface area contributed by atoms with Gasteiger partial charge in [-0.05, 0) is 48.9 Å². The number of carbonyl (C=O) groups excluding carboxylic acids is 2. The van der Waals surface area contributed by atoms with Gasteiger partial charge in [0.1, 0.15) is 22.4 Å². The van der Waals surface area contributed by atoms with Crippen molar-refractivity contribution in [2.45, 2.75) is 31.8 Å². The molecule has 27 heavy (non-hydrogen) atoms. The Balaban J connectivity index is 1.77. The van der Waals surface area contributed by atoms with Crippen LogP contribution in [0.25, 0.3) is 11.1 Å². The molecule has 1 aliphatic carbocycles. The molecular weight excluding hydrogens is 366 g/mol. The average molecular weight is 387 g/mol. The lowest BCUT2D eigenvalue weighted by molar-refractivity contribution is -0.124. The Morgan fingerprint density at radius 3 is 2.81 bits per heavy atom. The van der Waals surface area contributed by atoms with Crippen LogP contribution in [0.5, 0.6) is 5.75 Å². The minimum Gasteiger partial charge on any atom is -0.497 e. The van der Waals surface area contributed by atoms with Gasteiger partial charge in [-0.25, -0.2) is 4.79 Å². The summed E-state index contributed by atoms with van der Waals surface area (Å²) in [4.78, 5) is 26.2. The first-order valence-corrected chi connectivity index (χ1v) is 9.77. The monoisotopic (exact) mass is 387 g/mol. The quantitative estimate of drug-likeness (QED) is 0.814. The standard InChI is InChI=1S/C20H21NO5S/c1-24-12-6-7-13-11(10-12)5-8-15-16(13)17(20(23)25-2)19(27-15)21-18(22)14-4-3-9-26-14/h6-7,10,14H,3-5,8-9H2,1-2H3,(H,21,22)/t14-/m0/s1. The fourth-order valence-electron chi connectivity index (χ4n) is 3.70. The van der Waals surface area contributed by atoms with Gasteiger partial charge in [0, 0.05) is 17.0 Å². The maximum atomic E-state index is 12.6. The Kier molecular flexibility index (Phi) is 4.88. The van der Waals surface area contributed by atoms with Gasteiger partial charge in [-0.3, -0.25) is 4.79 Å². The molecule has 1 amide bonds. The molecular formula is C20H21NO5S. The molecule has 0 bridgehead atoms. The smallest absolute Gasteiger partial charge is 0.341 e. The van der Waals surface area contributed by atoms with Crippen molar-refractivity contribution >= 4 is 28.2 Å². The number of fused-ring (bicyclic) bond motifs is 3. The summed E-state index contributed by atoms with van der Waals surface area (Å²) in [5, 5.41) is 3.45. The van der Waals surface area contributed by atoms with Crippen LogP contribution >= 0.6 is 11.3 Å². The predicted molar refractivity (Wildman–Crippen MR) is 103 cm³/mol. The molecule has 1 N–H and O–H groups in total. The summed E-state index contributed by atoms with van der Waals surface area (Å²) in [6.07, 6.45) is 2.79. The van der Waals surface area contributed by atoms with Crippen LogP contribution in [0.3, 0.4) is 0 Å². The van der Waals surface area contributed by atoms with Gasteiger partial charge in [0.25, 0.3) is 5.91 Å². The minimum absolute atomic E-state index is 0.203. The molecule has 0 saturated carbocycles. The number of thiophene rings is 1. The second-order valence-electron chi connectivity index (χ2n) is 6.61. The SMILES string of the molecule is COC(=O)c1c(NC(=O)[C@@H]2CCCO2)sc2c1-c1ccc(OC)cc1CC2. The van der Waals surface area contributed by atoms with Gasteiger partial charge in [0.2, 0.25) is 0 Å². The first-order chi connectivity index (χ1) is 13.1. The molecule has 1 fully saturated rings. The second-order valence-corrected chi connectivity index (χ2v) is 7.72. The van der Waals surface area contributed by atoms with Gasteiger partial charge >= 0.3 is 5.97 Å². The number of ether oxygens (including phenoxy) is 3. The van der Waals surface area contributed by atoms with E-state index in [-0.39, 0.29) is 5.91 Å². The van der Waals surface area contributed by atoms with E-state index >= 15 is 0 Å². The molecule has 2 aliphatic rings. The van der Waals surface area contributed by atoms with E-state index in [0.717, 1.165) is 46.6 Å². The van der Waals surface area contributed by atoms with Gasteiger partial charge in [0.15, 0.2) is 0 Å². The van der Waals surface area contributed by atoms with Crippen molar-refractivity contribution in [3.05, 3.63) is 34.2 Å². The van der Waals surface area contributed by atoms with Crippen molar-refractivity contribution in [2.24, 2.45) is 0 Å². The summed E-state index contributed by atoms with van der Waals surface area (Å²) in [6, 6.07) is 5.86. The van der Waals surface area contributed by atoms with Gasteiger partial charge in [-0.2, -0.15) is 0 Å². The van der Waals surface area contributed by atoms with Gasteiger partial charge in [-0.15, -0.1) is 11.3 Å². The molecule has 0 radical (unpaired) electrons. The van der Waals surface area contributed by atoms with E-state index in [1.807, 2.05) is 18.2 Å². The first kappa shape index (κ1) is 18.0. The summed E-state index contributed by atoms with van der Waals surface area (Å²) in [6.45, 7) is 0.595. The molecule has 142 valence electrons. The van der Waals surface area contributed by atoms with Crippen LogP contribution in [0.4, 0.5) is 5.00 Å². The van der Waals surface area contributed by atoms with Crippen LogP contribution < -0.4 is 10.1 Å². The zero-order valence-electron chi connectivity index (χ0n) is 15.3. The van der Waals surface area contributed by atoms with E-state index in [2.05, 4.69) is 5.32 Å². The number of hydrogen-bond donors (Lipinski definition) is 1. The third-order valence-corrected chi connectivity index (χ3v) is 6.20. The van der Waals surface area contributed by atoms with Crippen LogP contribution in [0.15, 0.2) is 18.2 Å². The summed E-state index contributed by atoms with van der Waals surface area (Å²) >= 11 is 1.45. The maximum absolute atomic E-state index is 12.6. The Morgan fingerprint density at radius 2 is 2.11 bits per heavy atom. The molecule has 6 nitrogen and oxygen atoms in total. The van der Waals surface area contributed by atoms with E-state index in [1.165, 1.54) is 18.4 Å². The van der Waals surface area contributed by atoms with E-state index in [9.17, 15) is 9.59 Å². The highest BCUT2D eigenvalue weighted by atomic mass is 32.1.